The zero-order valence-corrected chi connectivity index (χ0v) is 14.5. The summed E-state index contributed by atoms with van der Waals surface area (Å²) in [5.74, 6) is 1.60. The van der Waals surface area contributed by atoms with E-state index in [1.54, 1.807) is 9.42 Å². The second kappa shape index (κ2) is 5.52. The minimum Gasteiger partial charge on any atom is -0.351 e. The van der Waals surface area contributed by atoms with E-state index in [2.05, 4.69) is 25.2 Å². The van der Waals surface area contributed by atoms with E-state index >= 15 is 0 Å². The number of carbonyl (C=O) groups excluding carboxylic acids is 1. The third kappa shape index (κ3) is 2.41. The molecule has 4 heterocycles. The number of likely N-dealkylation sites (N-methyl/N-ethyl adjacent to an activating group) is 1. The minimum absolute atomic E-state index is 0.0259. The SMILES string of the molecule is Cc1nc(C(=O)N(C)C2CN(c3ccc4nnc(C)n4n3)C2)cs1. The van der Waals surface area contributed by atoms with Gasteiger partial charge in [0.1, 0.15) is 11.5 Å². The molecule has 1 amide bonds. The minimum atomic E-state index is -0.0259. The smallest absolute Gasteiger partial charge is 0.273 e. The monoisotopic (exact) mass is 343 g/mol. The number of aromatic nitrogens is 5. The van der Waals surface area contributed by atoms with E-state index in [1.807, 2.05) is 38.4 Å². The van der Waals surface area contributed by atoms with Gasteiger partial charge in [0.05, 0.1) is 11.0 Å². The number of hydrogen-bond acceptors (Lipinski definition) is 7. The third-order valence-electron chi connectivity index (χ3n) is 4.30. The van der Waals surface area contributed by atoms with Crippen LogP contribution in [0.1, 0.15) is 21.3 Å². The molecule has 3 aromatic heterocycles. The molecule has 0 aliphatic carbocycles. The Morgan fingerprint density at radius 1 is 1.29 bits per heavy atom. The van der Waals surface area contributed by atoms with Gasteiger partial charge in [-0.05, 0) is 26.0 Å². The first-order valence-corrected chi connectivity index (χ1v) is 8.54. The topological polar surface area (TPSA) is 79.5 Å². The molecule has 0 bridgehead atoms. The van der Waals surface area contributed by atoms with Crippen LogP contribution < -0.4 is 4.90 Å². The Morgan fingerprint density at radius 3 is 2.79 bits per heavy atom. The molecule has 0 unspecified atom stereocenters. The molecule has 1 fully saturated rings. The van der Waals surface area contributed by atoms with Crippen molar-refractivity contribution in [3.63, 3.8) is 0 Å². The van der Waals surface area contributed by atoms with Crippen molar-refractivity contribution < 1.29 is 4.79 Å². The molecule has 0 saturated carbocycles. The maximum Gasteiger partial charge on any atom is 0.273 e. The maximum atomic E-state index is 12.4. The Morgan fingerprint density at radius 2 is 2.08 bits per heavy atom. The summed E-state index contributed by atoms with van der Waals surface area (Å²) in [6, 6.07) is 4.01. The van der Waals surface area contributed by atoms with E-state index < -0.39 is 0 Å². The fourth-order valence-corrected chi connectivity index (χ4v) is 3.34. The number of aryl methyl sites for hydroxylation is 2. The molecule has 8 nitrogen and oxygen atoms in total. The lowest BCUT2D eigenvalue weighted by Gasteiger charge is -2.44. The number of carbonyl (C=O) groups is 1. The molecule has 0 N–H and O–H groups in total. The van der Waals surface area contributed by atoms with Crippen molar-refractivity contribution in [2.24, 2.45) is 0 Å². The highest BCUT2D eigenvalue weighted by molar-refractivity contribution is 7.09. The summed E-state index contributed by atoms with van der Waals surface area (Å²) < 4.78 is 1.73. The van der Waals surface area contributed by atoms with Crippen LogP contribution in [0.25, 0.3) is 5.65 Å². The second-order valence-electron chi connectivity index (χ2n) is 5.94. The lowest BCUT2D eigenvalue weighted by atomic mass is 10.1. The van der Waals surface area contributed by atoms with Gasteiger partial charge >= 0.3 is 0 Å². The van der Waals surface area contributed by atoms with Gasteiger partial charge in [0.25, 0.3) is 5.91 Å². The molecule has 1 saturated heterocycles. The van der Waals surface area contributed by atoms with Crippen LogP contribution in [0.5, 0.6) is 0 Å². The number of amides is 1. The molecular formula is C15H17N7OS. The van der Waals surface area contributed by atoms with Gasteiger partial charge in [-0.25, -0.2) is 4.98 Å². The summed E-state index contributed by atoms with van der Waals surface area (Å²) in [6.45, 7) is 5.29. The molecule has 0 aromatic carbocycles. The van der Waals surface area contributed by atoms with E-state index in [9.17, 15) is 4.79 Å². The van der Waals surface area contributed by atoms with Crippen molar-refractivity contribution in [3.05, 3.63) is 34.0 Å². The number of anilines is 1. The molecule has 4 rings (SSSR count). The zero-order chi connectivity index (χ0) is 16.8. The lowest BCUT2D eigenvalue weighted by molar-refractivity contribution is 0.0699. The van der Waals surface area contributed by atoms with Gasteiger partial charge in [0, 0.05) is 25.5 Å². The predicted octanol–water partition coefficient (Wildman–Crippen LogP) is 1.16. The van der Waals surface area contributed by atoms with Gasteiger partial charge in [0.2, 0.25) is 0 Å². The van der Waals surface area contributed by atoms with Crippen LogP contribution in [-0.2, 0) is 0 Å². The number of fused-ring (bicyclic) bond motifs is 1. The molecule has 124 valence electrons. The summed E-state index contributed by atoms with van der Waals surface area (Å²) in [7, 11) is 1.83. The fourth-order valence-electron chi connectivity index (χ4n) is 2.75. The fraction of sp³-hybridized carbons (Fsp3) is 0.400. The predicted molar refractivity (Wildman–Crippen MR) is 90.5 cm³/mol. The number of rotatable bonds is 3. The Balaban J connectivity index is 1.45. The van der Waals surface area contributed by atoms with Crippen LogP contribution in [0, 0.1) is 13.8 Å². The molecule has 1 aliphatic rings. The van der Waals surface area contributed by atoms with Crippen molar-refractivity contribution in [2.45, 2.75) is 19.9 Å². The van der Waals surface area contributed by atoms with Crippen LogP contribution in [0.4, 0.5) is 5.82 Å². The number of hydrogen-bond donors (Lipinski definition) is 0. The highest BCUT2D eigenvalue weighted by Gasteiger charge is 2.34. The molecule has 0 spiro atoms. The number of thiazole rings is 1. The highest BCUT2D eigenvalue weighted by Crippen LogP contribution is 2.23. The van der Waals surface area contributed by atoms with Crippen molar-refractivity contribution >= 4 is 28.7 Å². The van der Waals surface area contributed by atoms with Gasteiger partial charge in [-0.15, -0.1) is 26.6 Å². The summed E-state index contributed by atoms with van der Waals surface area (Å²) in [5, 5.41) is 15.3. The van der Waals surface area contributed by atoms with Gasteiger partial charge in [-0.3, -0.25) is 4.79 Å². The Bertz CT molecular complexity index is 912. The second-order valence-corrected chi connectivity index (χ2v) is 7.00. The van der Waals surface area contributed by atoms with E-state index in [-0.39, 0.29) is 11.9 Å². The quantitative estimate of drug-likeness (QED) is 0.710. The summed E-state index contributed by atoms with van der Waals surface area (Å²) in [4.78, 5) is 20.6. The van der Waals surface area contributed by atoms with Gasteiger partial charge in [-0.1, -0.05) is 0 Å². The molecule has 9 heteroatoms. The first-order valence-electron chi connectivity index (χ1n) is 7.66. The molecular weight excluding hydrogens is 326 g/mol. The van der Waals surface area contributed by atoms with Gasteiger partial charge < -0.3 is 9.80 Å². The summed E-state index contributed by atoms with van der Waals surface area (Å²) >= 11 is 1.49. The maximum absolute atomic E-state index is 12.4. The van der Waals surface area contributed by atoms with E-state index in [4.69, 9.17) is 0 Å². The molecule has 24 heavy (non-hydrogen) atoms. The highest BCUT2D eigenvalue weighted by atomic mass is 32.1. The van der Waals surface area contributed by atoms with Crippen LogP contribution in [0.3, 0.4) is 0 Å². The zero-order valence-electron chi connectivity index (χ0n) is 13.7. The van der Waals surface area contributed by atoms with E-state index in [0.717, 1.165) is 35.4 Å². The van der Waals surface area contributed by atoms with Crippen molar-refractivity contribution in [1.82, 2.24) is 29.7 Å². The Labute approximate surface area is 142 Å². The molecule has 1 aliphatic heterocycles. The summed E-state index contributed by atoms with van der Waals surface area (Å²) in [5.41, 5.74) is 1.26. The molecule has 0 radical (unpaired) electrons. The average molecular weight is 343 g/mol. The van der Waals surface area contributed by atoms with Crippen molar-refractivity contribution in [1.29, 1.82) is 0 Å². The average Bonchev–Trinajstić information content (AvgIpc) is 3.12. The summed E-state index contributed by atoms with van der Waals surface area (Å²) in [6.07, 6.45) is 0. The third-order valence-corrected chi connectivity index (χ3v) is 5.07. The lowest BCUT2D eigenvalue weighted by Crippen LogP contribution is -2.60. The normalized spacial score (nSPS) is 14.9. The number of nitrogens with zero attached hydrogens (tertiary/aromatic N) is 7. The van der Waals surface area contributed by atoms with E-state index in [1.165, 1.54) is 11.3 Å². The van der Waals surface area contributed by atoms with Crippen molar-refractivity contribution in [3.8, 4) is 0 Å². The standard InChI is InChI=1S/C15H17N7OS/c1-9-17-18-13-4-5-14(19-22(9)13)21-6-11(7-21)20(3)15(23)12-8-24-10(2)16-12/h4-5,8,11H,6-7H2,1-3H3. The first kappa shape index (κ1) is 15.0. The Hall–Kier alpha value is -2.55. The van der Waals surface area contributed by atoms with Crippen LogP contribution >= 0.6 is 11.3 Å². The van der Waals surface area contributed by atoms with Crippen LogP contribution in [0.2, 0.25) is 0 Å². The molecule has 3 aromatic rings. The van der Waals surface area contributed by atoms with Crippen LogP contribution in [0.15, 0.2) is 17.5 Å². The van der Waals surface area contributed by atoms with Crippen molar-refractivity contribution in [2.75, 3.05) is 25.0 Å². The Kier molecular flexibility index (Phi) is 3.45. The van der Waals surface area contributed by atoms with E-state index in [0.29, 0.717) is 5.69 Å². The molecule has 0 atom stereocenters. The largest absolute Gasteiger partial charge is 0.351 e. The van der Waals surface area contributed by atoms with Gasteiger partial charge in [0.15, 0.2) is 11.5 Å². The first-order chi connectivity index (χ1) is 11.5. The van der Waals surface area contributed by atoms with Crippen LogP contribution in [-0.4, -0.2) is 61.8 Å². The van der Waals surface area contributed by atoms with Gasteiger partial charge in [-0.2, -0.15) is 4.52 Å².